The van der Waals surface area contributed by atoms with Gasteiger partial charge < -0.3 is 0 Å². The summed E-state index contributed by atoms with van der Waals surface area (Å²) >= 11 is 0. The van der Waals surface area contributed by atoms with Crippen LogP contribution >= 0.6 is 0 Å². The van der Waals surface area contributed by atoms with Crippen LogP contribution in [0.25, 0.3) is 0 Å². The Bertz CT molecular complexity index is 887. The normalized spacial score (nSPS) is 22.9. The lowest BCUT2D eigenvalue weighted by molar-refractivity contribution is 0.220. The summed E-state index contributed by atoms with van der Waals surface area (Å²) in [5.74, 6) is 0.482. The van der Waals surface area contributed by atoms with Crippen molar-refractivity contribution in [1.29, 1.82) is 0 Å². The Labute approximate surface area is 162 Å². The molecule has 1 saturated heterocycles. The van der Waals surface area contributed by atoms with Gasteiger partial charge in [-0.15, -0.1) is 0 Å². The topological polar surface area (TPSA) is 49.4 Å². The molecular weight excluding hydrogens is 356 g/mol. The van der Waals surface area contributed by atoms with E-state index in [1.54, 1.807) is 19.1 Å². The molecule has 27 heavy (non-hydrogen) atoms. The minimum Gasteiger partial charge on any atom is -0.299 e. The predicted octanol–water partition coefficient (Wildman–Crippen LogP) is 3.33. The molecule has 0 spiro atoms. The van der Waals surface area contributed by atoms with Crippen LogP contribution in [0.4, 0.5) is 0 Å². The second-order valence-corrected chi connectivity index (χ2v) is 9.44. The smallest absolute Gasteiger partial charge is 0.240 e. The maximum atomic E-state index is 12.2. The molecule has 5 heteroatoms. The van der Waals surface area contributed by atoms with Crippen molar-refractivity contribution in [2.24, 2.45) is 0 Å². The van der Waals surface area contributed by atoms with Gasteiger partial charge in [-0.2, -0.15) is 0 Å². The summed E-state index contributed by atoms with van der Waals surface area (Å²) < 4.78 is 26.9. The highest BCUT2D eigenvalue weighted by Gasteiger charge is 2.36. The highest BCUT2D eigenvalue weighted by Crippen LogP contribution is 2.39. The van der Waals surface area contributed by atoms with Crippen molar-refractivity contribution in [3.8, 4) is 0 Å². The first-order valence-corrected chi connectivity index (χ1v) is 11.5. The molecular formula is C22H28N2O2S. The van der Waals surface area contributed by atoms with Crippen LogP contribution in [-0.4, -0.2) is 39.0 Å². The zero-order valence-electron chi connectivity index (χ0n) is 15.9. The van der Waals surface area contributed by atoms with Crippen molar-refractivity contribution in [3.05, 3.63) is 65.2 Å². The van der Waals surface area contributed by atoms with E-state index in [1.807, 2.05) is 12.1 Å². The van der Waals surface area contributed by atoms with Crippen molar-refractivity contribution in [2.75, 3.05) is 19.6 Å². The Morgan fingerprint density at radius 3 is 2.44 bits per heavy atom. The van der Waals surface area contributed by atoms with Gasteiger partial charge in [0.05, 0.1) is 4.90 Å². The maximum Gasteiger partial charge on any atom is 0.240 e. The molecule has 0 unspecified atom stereocenters. The Morgan fingerprint density at radius 2 is 1.74 bits per heavy atom. The van der Waals surface area contributed by atoms with Gasteiger partial charge in [0.2, 0.25) is 10.0 Å². The van der Waals surface area contributed by atoms with Crippen LogP contribution in [-0.2, 0) is 22.9 Å². The number of nitrogens with zero attached hydrogens (tertiary/aromatic N) is 1. The van der Waals surface area contributed by atoms with Crippen molar-refractivity contribution >= 4 is 10.0 Å². The van der Waals surface area contributed by atoms with Crippen molar-refractivity contribution in [2.45, 2.75) is 49.5 Å². The average Bonchev–Trinajstić information content (AvgIpc) is 3.30. The summed E-state index contributed by atoms with van der Waals surface area (Å²) in [5, 5.41) is 0. The molecule has 1 fully saturated rings. The van der Waals surface area contributed by atoms with Gasteiger partial charge in [-0.25, -0.2) is 13.1 Å². The zero-order chi connectivity index (χ0) is 18.9. The first kappa shape index (κ1) is 18.7. The van der Waals surface area contributed by atoms with E-state index in [9.17, 15) is 8.42 Å². The van der Waals surface area contributed by atoms with E-state index in [4.69, 9.17) is 0 Å². The molecule has 1 aliphatic heterocycles. The van der Waals surface area contributed by atoms with E-state index in [2.05, 4.69) is 33.9 Å². The summed E-state index contributed by atoms with van der Waals surface area (Å²) in [4.78, 5) is 3.00. The number of hydrogen-bond acceptors (Lipinski definition) is 3. The maximum absolute atomic E-state index is 12.2. The molecule has 2 atom stereocenters. The monoisotopic (exact) mass is 384 g/mol. The second kappa shape index (κ2) is 7.74. The predicted molar refractivity (Wildman–Crippen MR) is 108 cm³/mol. The minimum absolute atomic E-state index is 0.344. The summed E-state index contributed by atoms with van der Waals surface area (Å²) in [5.41, 5.74) is 4.15. The molecule has 1 heterocycles. The fourth-order valence-corrected chi connectivity index (χ4v) is 5.73. The largest absolute Gasteiger partial charge is 0.299 e. The fraction of sp³-hybridized carbons (Fsp3) is 0.455. The van der Waals surface area contributed by atoms with Crippen molar-refractivity contribution in [3.63, 3.8) is 0 Å². The molecule has 1 N–H and O–H groups in total. The highest BCUT2D eigenvalue weighted by molar-refractivity contribution is 7.89. The van der Waals surface area contributed by atoms with Gasteiger partial charge in [-0.05, 0) is 67.6 Å². The number of rotatable bonds is 6. The number of likely N-dealkylation sites (tertiary alicyclic amines) is 1. The zero-order valence-corrected chi connectivity index (χ0v) is 16.7. The average molecular weight is 385 g/mol. The second-order valence-electron chi connectivity index (χ2n) is 7.67. The SMILES string of the molecule is CCNS(=O)(=O)c1ccc(C[C@@H]2c3ccccc3C[C@H]2N2CCCC2)cc1. The van der Waals surface area contributed by atoms with Crippen LogP contribution in [0, 0.1) is 0 Å². The van der Waals surface area contributed by atoms with Crippen LogP contribution < -0.4 is 4.72 Å². The van der Waals surface area contributed by atoms with E-state index in [-0.39, 0.29) is 0 Å². The Morgan fingerprint density at radius 1 is 1.04 bits per heavy atom. The summed E-state index contributed by atoms with van der Waals surface area (Å²) in [6.45, 7) is 4.60. The molecule has 2 aromatic carbocycles. The van der Waals surface area contributed by atoms with Gasteiger partial charge in [-0.3, -0.25) is 4.90 Å². The van der Waals surface area contributed by atoms with Gasteiger partial charge in [-0.1, -0.05) is 43.3 Å². The molecule has 0 aromatic heterocycles. The van der Waals surface area contributed by atoms with E-state index < -0.39 is 10.0 Å². The Hall–Kier alpha value is -1.69. The number of nitrogens with one attached hydrogen (secondary N) is 1. The highest BCUT2D eigenvalue weighted by atomic mass is 32.2. The number of hydrogen-bond donors (Lipinski definition) is 1. The van der Waals surface area contributed by atoms with Gasteiger partial charge in [0.1, 0.15) is 0 Å². The van der Waals surface area contributed by atoms with Crippen LogP contribution in [0.3, 0.4) is 0 Å². The van der Waals surface area contributed by atoms with Crippen LogP contribution in [0.2, 0.25) is 0 Å². The third-order valence-corrected chi connectivity index (χ3v) is 7.54. The minimum atomic E-state index is -3.39. The molecule has 2 aromatic rings. The van der Waals surface area contributed by atoms with Crippen LogP contribution in [0.1, 0.15) is 42.4 Å². The Balaban J connectivity index is 1.57. The van der Waals surface area contributed by atoms with E-state index >= 15 is 0 Å². The molecule has 0 saturated carbocycles. The number of fused-ring (bicyclic) bond motifs is 1. The van der Waals surface area contributed by atoms with Gasteiger partial charge in [0.25, 0.3) is 0 Å². The molecule has 144 valence electrons. The molecule has 0 radical (unpaired) electrons. The molecule has 0 amide bonds. The lowest BCUT2D eigenvalue weighted by Gasteiger charge is -2.30. The number of sulfonamides is 1. The Kier molecular flexibility index (Phi) is 5.35. The van der Waals surface area contributed by atoms with Gasteiger partial charge >= 0.3 is 0 Å². The van der Waals surface area contributed by atoms with Crippen molar-refractivity contribution < 1.29 is 8.42 Å². The van der Waals surface area contributed by atoms with Crippen LogP contribution in [0.5, 0.6) is 0 Å². The van der Waals surface area contributed by atoms with E-state index in [1.165, 1.54) is 42.6 Å². The molecule has 1 aliphatic carbocycles. The lowest BCUT2D eigenvalue weighted by Crippen LogP contribution is -2.36. The first-order chi connectivity index (χ1) is 13.1. The van der Waals surface area contributed by atoms with Crippen LogP contribution in [0.15, 0.2) is 53.4 Å². The third kappa shape index (κ3) is 3.82. The fourth-order valence-electron chi connectivity index (χ4n) is 4.69. The lowest BCUT2D eigenvalue weighted by atomic mass is 9.90. The summed E-state index contributed by atoms with van der Waals surface area (Å²) in [6.07, 6.45) is 4.69. The van der Waals surface area contributed by atoms with E-state index in [0.29, 0.717) is 23.4 Å². The summed E-state index contributed by atoms with van der Waals surface area (Å²) in [6, 6.07) is 16.8. The first-order valence-electron chi connectivity index (χ1n) is 9.99. The molecule has 2 aliphatic rings. The molecule has 0 bridgehead atoms. The van der Waals surface area contributed by atoms with E-state index in [0.717, 1.165) is 12.8 Å². The van der Waals surface area contributed by atoms with Gasteiger partial charge in [0.15, 0.2) is 0 Å². The summed E-state index contributed by atoms with van der Waals surface area (Å²) in [7, 11) is -3.39. The number of benzene rings is 2. The quantitative estimate of drug-likeness (QED) is 0.831. The van der Waals surface area contributed by atoms with Gasteiger partial charge in [0, 0.05) is 18.5 Å². The standard InChI is InChI=1S/C22H28N2O2S/c1-2-23-27(25,26)19-11-9-17(10-12-19)15-21-20-8-4-3-7-18(20)16-22(21)24-13-5-6-14-24/h3-4,7-12,21-23H,2,5-6,13-16H2,1H3/t21-,22-/m1/s1. The molecule has 4 nitrogen and oxygen atoms in total. The third-order valence-electron chi connectivity index (χ3n) is 5.98. The van der Waals surface area contributed by atoms with Crippen molar-refractivity contribution in [1.82, 2.24) is 9.62 Å². The molecule has 4 rings (SSSR count).